The molecule has 1 fully saturated rings. The van der Waals surface area contributed by atoms with Gasteiger partial charge in [-0.1, -0.05) is 39.7 Å². The van der Waals surface area contributed by atoms with E-state index in [1.807, 2.05) is 24.3 Å². The van der Waals surface area contributed by atoms with E-state index in [4.69, 9.17) is 26.2 Å². The van der Waals surface area contributed by atoms with E-state index in [2.05, 4.69) is 33.0 Å². The van der Waals surface area contributed by atoms with E-state index in [1.165, 1.54) is 5.56 Å². The average Bonchev–Trinajstić information content (AvgIpc) is 3.07. The van der Waals surface area contributed by atoms with E-state index >= 15 is 0 Å². The van der Waals surface area contributed by atoms with Gasteiger partial charge >= 0.3 is 0 Å². The predicted octanol–water partition coefficient (Wildman–Crippen LogP) is 4.67. The van der Waals surface area contributed by atoms with Crippen LogP contribution in [0.2, 0.25) is 5.02 Å². The van der Waals surface area contributed by atoms with E-state index in [0.29, 0.717) is 0 Å². The van der Waals surface area contributed by atoms with Crippen molar-refractivity contribution in [1.29, 1.82) is 0 Å². The number of aliphatic hydroxyl groups excluding tert-OH is 1. The van der Waals surface area contributed by atoms with E-state index < -0.39 is 0 Å². The van der Waals surface area contributed by atoms with Crippen LogP contribution >= 0.6 is 39.3 Å². The maximum absolute atomic E-state index is 9.75. The molecular weight excluding hydrogens is 466 g/mol. The molecule has 0 radical (unpaired) electrons. The van der Waals surface area contributed by atoms with Gasteiger partial charge in [-0.15, -0.1) is 11.8 Å². The van der Waals surface area contributed by atoms with Gasteiger partial charge in [0.15, 0.2) is 0 Å². The fourth-order valence-corrected chi connectivity index (χ4v) is 4.86. The minimum absolute atomic E-state index is 0.207. The Hall–Kier alpha value is -1.25. The van der Waals surface area contributed by atoms with Crippen LogP contribution in [0.1, 0.15) is 17.5 Å². The Morgan fingerprint density at radius 1 is 1.36 bits per heavy atom. The summed E-state index contributed by atoms with van der Waals surface area (Å²) in [5.41, 5.74) is 2.34. The fraction of sp³-hybridized carbons (Fsp3) is 0.350. The Morgan fingerprint density at radius 2 is 2.11 bits per heavy atom. The lowest BCUT2D eigenvalue weighted by atomic mass is 10.2. The number of carboxylic acid groups (broad SMARTS) is 1. The van der Waals surface area contributed by atoms with Crippen LogP contribution in [-0.2, 0) is 17.1 Å². The first-order valence-corrected chi connectivity index (χ1v) is 10.8. The molecule has 0 bridgehead atoms. The molecule has 2 aromatic carbocycles. The molecule has 1 heterocycles. The van der Waals surface area contributed by atoms with Gasteiger partial charge in [-0.3, -0.25) is 9.69 Å². The largest absolute Gasteiger partial charge is 0.496 e. The molecular formula is C20H23BrClNO4S. The summed E-state index contributed by atoms with van der Waals surface area (Å²) < 4.78 is 6.50. The van der Waals surface area contributed by atoms with Crippen LogP contribution in [-0.4, -0.2) is 47.9 Å². The number of benzene rings is 2. The number of carbonyl (C=O) groups is 1. The predicted molar refractivity (Wildman–Crippen MR) is 116 cm³/mol. The second-order valence-corrected chi connectivity index (χ2v) is 8.56. The van der Waals surface area contributed by atoms with Crippen molar-refractivity contribution in [2.24, 2.45) is 0 Å². The highest BCUT2D eigenvalue weighted by Crippen LogP contribution is 2.36. The first-order valence-electron chi connectivity index (χ1n) is 8.69. The number of rotatable bonds is 6. The number of aliphatic hydroxyl groups is 1. The van der Waals surface area contributed by atoms with Crippen molar-refractivity contribution < 1.29 is 19.7 Å². The summed E-state index contributed by atoms with van der Waals surface area (Å²) in [6.45, 7) is 2.23. The molecule has 0 amide bonds. The first kappa shape index (κ1) is 23.0. The zero-order chi connectivity index (χ0) is 20.5. The van der Waals surface area contributed by atoms with Crippen molar-refractivity contribution in [3.63, 3.8) is 0 Å². The van der Waals surface area contributed by atoms with Gasteiger partial charge in [0.1, 0.15) is 5.75 Å². The lowest BCUT2D eigenvalue weighted by molar-refractivity contribution is -0.122. The molecule has 2 aromatic rings. The summed E-state index contributed by atoms with van der Waals surface area (Å²) in [6.07, 6.45) is 0.638. The zero-order valence-corrected chi connectivity index (χ0v) is 18.6. The average molecular weight is 489 g/mol. The van der Waals surface area contributed by atoms with Crippen LogP contribution < -0.4 is 4.74 Å². The topological polar surface area (TPSA) is 70.0 Å². The fourth-order valence-electron chi connectivity index (χ4n) is 3.05. The zero-order valence-electron chi connectivity index (χ0n) is 15.5. The number of halogens is 2. The second-order valence-electron chi connectivity index (χ2n) is 6.26. The van der Waals surface area contributed by atoms with E-state index in [9.17, 15) is 5.11 Å². The maximum Gasteiger partial charge on any atom is 0.290 e. The van der Waals surface area contributed by atoms with Crippen molar-refractivity contribution in [3.8, 4) is 5.75 Å². The summed E-state index contributed by atoms with van der Waals surface area (Å²) in [5.74, 6) is 1.66. The Bertz CT molecular complexity index is 793. The molecule has 1 aliphatic rings. The van der Waals surface area contributed by atoms with Gasteiger partial charge in [-0.2, -0.15) is 0 Å². The normalized spacial score (nSPS) is 16.4. The summed E-state index contributed by atoms with van der Waals surface area (Å²) >= 11 is 11.7. The molecule has 0 aromatic heterocycles. The molecule has 0 aliphatic carbocycles. The molecule has 2 N–H and O–H groups in total. The molecule has 1 saturated heterocycles. The third-order valence-electron chi connectivity index (χ3n) is 4.30. The van der Waals surface area contributed by atoms with Crippen LogP contribution in [0.15, 0.2) is 45.8 Å². The Kier molecular flexibility index (Phi) is 9.61. The van der Waals surface area contributed by atoms with Crippen LogP contribution in [0.4, 0.5) is 0 Å². The lowest BCUT2D eigenvalue weighted by Gasteiger charge is -2.18. The number of nitrogens with zero attached hydrogens (tertiary/aromatic N) is 1. The standard InChI is InChI=1S/C19H21BrClNO2S.CH2O2/c1-24-18-6-5-15(20)9-14(18)12-25-19-13(3-2-4-17(19)21)10-22-8-7-16(23)11-22;2-1-3/h2-6,9,16,23H,7-8,10-12H2,1H3;1H,(H,2,3). The molecule has 0 spiro atoms. The number of methoxy groups -OCH3 is 1. The number of hydrogen-bond donors (Lipinski definition) is 2. The van der Waals surface area contributed by atoms with Crippen LogP contribution in [0.5, 0.6) is 5.75 Å². The molecule has 152 valence electrons. The number of β-amino-alcohol motifs (C(OH)–C–C–N with tert-alkyl or cyclic N) is 1. The second kappa shape index (κ2) is 11.7. The van der Waals surface area contributed by atoms with E-state index in [1.54, 1.807) is 18.9 Å². The number of hydrogen-bond acceptors (Lipinski definition) is 5. The van der Waals surface area contributed by atoms with Crippen molar-refractivity contribution in [2.75, 3.05) is 20.2 Å². The molecule has 1 aliphatic heterocycles. The molecule has 3 rings (SSSR count). The van der Waals surface area contributed by atoms with Gasteiger partial charge in [0.05, 0.1) is 18.2 Å². The smallest absolute Gasteiger partial charge is 0.290 e. The van der Waals surface area contributed by atoms with Gasteiger partial charge in [0.25, 0.3) is 6.47 Å². The Labute approximate surface area is 182 Å². The van der Waals surface area contributed by atoms with E-state index in [0.717, 1.165) is 57.5 Å². The third kappa shape index (κ3) is 6.67. The SMILES string of the molecule is COc1ccc(Br)cc1CSc1c(Cl)cccc1CN1CCC(O)C1.O=CO. The molecule has 1 unspecified atom stereocenters. The van der Waals surface area contributed by atoms with Gasteiger partial charge < -0.3 is 14.9 Å². The lowest BCUT2D eigenvalue weighted by Crippen LogP contribution is -2.21. The van der Waals surface area contributed by atoms with Crippen molar-refractivity contribution in [1.82, 2.24) is 4.90 Å². The maximum atomic E-state index is 9.75. The monoisotopic (exact) mass is 487 g/mol. The van der Waals surface area contributed by atoms with Crippen LogP contribution in [0.3, 0.4) is 0 Å². The van der Waals surface area contributed by atoms with Gasteiger partial charge in [-0.25, -0.2) is 0 Å². The highest BCUT2D eigenvalue weighted by atomic mass is 79.9. The summed E-state index contributed by atoms with van der Waals surface area (Å²) in [6, 6.07) is 12.1. The number of ether oxygens (including phenoxy) is 1. The molecule has 8 heteroatoms. The summed E-state index contributed by atoms with van der Waals surface area (Å²) in [7, 11) is 1.69. The van der Waals surface area contributed by atoms with E-state index in [-0.39, 0.29) is 12.6 Å². The Morgan fingerprint density at radius 3 is 2.75 bits per heavy atom. The first-order chi connectivity index (χ1) is 13.5. The van der Waals surface area contributed by atoms with Gasteiger partial charge in [-0.05, 0) is 36.2 Å². The highest BCUT2D eigenvalue weighted by molar-refractivity contribution is 9.10. The molecule has 1 atom stereocenters. The van der Waals surface area contributed by atoms with Crippen molar-refractivity contribution in [3.05, 3.63) is 57.0 Å². The minimum atomic E-state index is -0.250. The van der Waals surface area contributed by atoms with Crippen LogP contribution in [0.25, 0.3) is 0 Å². The summed E-state index contributed by atoms with van der Waals surface area (Å²) in [4.78, 5) is 11.7. The Balaban J connectivity index is 0.000000878. The number of likely N-dealkylation sites (tertiary alicyclic amines) is 1. The quantitative estimate of drug-likeness (QED) is 0.455. The van der Waals surface area contributed by atoms with Gasteiger partial charge in [0, 0.05) is 40.3 Å². The molecule has 28 heavy (non-hydrogen) atoms. The number of thioether (sulfide) groups is 1. The van der Waals surface area contributed by atoms with Crippen molar-refractivity contribution >= 4 is 45.8 Å². The molecule has 0 saturated carbocycles. The van der Waals surface area contributed by atoms with Crippen molar-refractivity contribution in [2.45, 2.75) is 29.7 Å². The molecule has 5 nitrogen and oxygen atoms in total. The van der Waals surface area contributed by atoms with Gasteiger partial charge in [0.2, 0.25) is 0 Å². The third-order valence-corrected chi connectivity index (χ3v) is 6.45. The highest BCUT2D eigenvalue weighted by Gasteiger charge is 2.21. The summed E-state index contributed by atoms with van der Waals surface area (Å²) in [5, 5.41) is 17.4. The van der Waals surface area contributed by atoms with Crippen LogP contribution in [0, 0.1) is 0 Å². The minimum Gasteiger partial charge on any atom is -0.496 e.